The lowest BCUT2D eigenvalue weighted by Gasteiger charge is -2.36. The van der Waals surface area contributed by atoms with E-state index in [1.54, 1.807) is 12.0 Å². The molecule has 1 saturated heterocycles. The fourth-order valence-corrected chi connectivity index (χ4v) is 3.10. The third-order valence-electron chi connectivity index (χ3n) is 4.69. The predicted molar refractivity (Wildman–Crippen MR) is 103 cm³/mol. The third kappa shape index (κ3) is 4.33. The van der Waals surface area contributed by atoms with E-state index < -0.39 is 5.97 Å². The molecular formula is C20H23N3O5. The Morgan fingerprint density at radius 3 is 2.46 bits per heavy atom. The second kappa shape index (κ2) is 8.60. The molecule has 0 spiro atoms. The lowest BCUT2D eigenvalue weighted by Crippen LogP contribution is -2.50. The molecule has 3 rings (SSSR count). The van der Waals surface area contributed by atoms with Gasteiger partial charge in [0.2, 0.25) is 0 Å². The highest BCUT2D eigenvalue weighted by Gasteiger charge is 2.24. The number of methoxy groups -OCH3 is 1. The van der Waals surface area contributed by atoms with Crippen LogP contribution in [0.4, 0.5) is 5.69 Å². The van der Waals surface area contributed by atoms with Crippen molar-refractivity contribution in [2.75, 3.05) is 44.8 Å². The monoisotopic (exact) mass is 385 g/mol. The zero-order chi connectivity index (χ0) is 20.1. The molecule has 0 unspecified atom stereocenters. The number of para-hydroxylation sites is 2. The SMILES string of the molecule is COc1ccccc1N1CCN(C(=O)COC(=O)c2cc(C(C)=O)c[nH]2)CC1. The van der Waals surface area contributed by atoms with Crippen molar-refractivity contribution in [2.24, 2.45) is 0 Å². The van der Waals surface area contributed by atoms with Crippen molar-refractivity contribution in [3.05, 3.63) is 47.8 Å². The van der Waals surface area contributed by atoms with Crippen LogP contribution in [0.1, 0.15) is 27.8 Å². The first kappa shape index (κ1) is 19.5. The van der Waals surface area contributed by atoms with Crippen LogP contribution in [0.15, 0.2) is 36.5 Å². The van der Waals surface area contributed by atoms with Gasteiger partial charge in [0.05, 0.1) is 12.8 Å². The Labute approximate surface area is 163 Å². The molecule has 2 heterocycles. The lowest BCUT2D eigenvalue weighted by molar-refractivity contribution is -0.134. The topological polar surface area (TPSA) is 91.9 Å². The molecule has 28 heavy (non-hydrogen) atoms. The van der Waals surface area contributed by atoms with E-state index in [1.165, 1.54) is 19.2 Å². The molecule has 1 amide bonds. The van der Waals surface area contributed by atoms with Crippen molar-refractivity contribution in [1.82, 2.24) is 9.88 Å². The Kier molecular flexibility index (Phi) is 5.98. The summed E-state index contributed by atoms with van der Waals surface area (Å²) in [6.07, 6.45) is 1.44. The number of carbonyl (C=O) groups excluding carboxylic acids is 3. The molecule has 0 radical (unpaired) electrons. The number of ketones is 1. The normalized spacial score (nSPS) is 13.9. The Balaban J connectivity index is 1.49. The highest BCUT2D eigenvalue weighted by atomic mass is 16.5. The average Bonchev–Trinajstić information content (AvgIpc) is 3.22. The van der Waals surface area contributed by atoms with Gasteiger partial charge in [0, 0.05) is 37.9 Å². The van der Waals surface area contributed by atoms with E-state index in [2.05, 4.69) is 9.88 Å². The fraction of sp³-hybridized carbons (Fsp3) is 0.350. The van der Waals surface area contributed by atoms with Crippen LogP contribution >= 0.6 is 0 Å². The molecule has 1 aromatic heterocycles. The number of nitrogens with zero attached hydrogens (tertiary/aromatic N) is 2. The molecule has 1 N–H and O–H groups in total. The first-order chi connectivity index (χ1) is 13.5. The number of anilines is 1. The van der Waals surface area contributed by atoms with Gasteiger partial charge in [-0.15, -0.1) is 0 Å². The Morgan fingerprint density at radius 2 is 1.82 bits per heavy atom. The highest BCUT2D eigenvalue weighted by Crippen LogP contribution is 2.28. The van der Waals surface area contributed by atoms with Crippen LogP contribution < -0.4 is 9.64 Å². The summed E-state index contributed by atoms with van der Waals surface area (Å²) in [6.45, 7) is 3.47. The number of Topliss-reactive ketones (excluding diaryl/α,β-unsaturated/α-hetero) is 1. The van der Waals surface area contributed by atoms with Crippen molar-refractivity contribution in [3.8, 4) is 5.75 Å². The molecule has 1 aromatic carbocycles. The maximum absolute atomic E-state index is 12.4. The molecule has 1 fully saturated rings. The van der Waals surface area contributed by atoms with Gasteiger partial charge < -0.3 is 24.3 Å². The number of amides is 1. The van der Waals surface area contributed by atoms with E-state index in [4.69, 9.17) is 9.47 Å². The molecule has 1 aliphatic heterocycles. The summed E-state index contributed by atoms with van der Waals surface area (Å²) in [5, 5.41) is 0. The number of hydrogen-bond donors (Lipinski definition) is 1. The molecule has 0 saturated carbocycles. The largest absolute Gasteiger partial charge is 0.495 e. The van der Waals surface area contributed by atoms with Crippen LogP contribution in [0, 0.1) is 0 Å². The van der Waals surface area contributed by atoms with Crippen LogP contribution in [-0.4, -0.2) is 67.4 Å². The number of aromatic nitrogens is 1. The maximum atomic E-state index is 12.4. The Hall–Kier alpha value is -3.29. The number of H-pyrrole nitrogens is 1. The number of esters is 1. The van der Waals surface area contributed by atoms with Gasteiger partial charge in [-0.2, -0.15) is 0 Å². The van der Waals surface area contributed by atoms with Crippen molar-refractivity contribution >= 4 is 23.3 Å². The average molecular weight is 385 g/mol. The Bertz CT molecular complexity index is 868. The minimum absolute atomic E-state index is 0.152. The van der Waals surface area contributed by atoms with Gasteiger partial charge in [-0.3, -0.25) is 9.59 Å². The van der Waals surface area contributed by atoms with Crippen LogP contribution in [-0.2, 0) is 9.53 Å². The zero-order valence-corrected chi connectivity index (χ0v) is 15.9. The number of piperazine rings is 1. The summed E-state index contributed by atoms with van der Waals surface area (Å²) in [7, 11) is 1.64. The quantitative estimate of drug-likeness (QED) is 0.601. The highest BCUT2D eigenvalue weighted by molar-refractivity contribution is 5.97. The van der Waals surface area contributed by atoms with Gasteiger partial charge in [0.25, 0.3) is 5.91 Å². The first-order valence-corrected chi connectivity index (χ1v) is 9.02. The van der Waals surface area contributed by atoms with Gasteiger partial charge in [0.1, 0.15) is 11.4 Å². The van der Waals surface area contributed by atoms with Crippen LogP contribution in [0.25, 0.3) is 0 Å². The zero-order valence-electron chi connectivity index (χ0n) is 15.9. The second-order valence-corrected chi connectivity index (χ2v) is 6.47. The van der Waals surface area contributed by atoms with E-state index in [9.17, 15) is 14.4 Å². The fourth-order valence-electron chi connectivity index (χ4n) is 3.10. The third-order valence-corrected chi connectivity index (χ3v) is 4.69. The molecule has 8 heteroatoms. The van der Waals surface area contributed by atoms with Gasteiger partial charge in [-0.25, -0.2) is 4.79 Å². The standard InChI is InChI=1S/C20H23N3O5/c1-14(24)15-11-16(21-12-15)20(26)28-13-19(25)23-9-7-22(8-10-23)17-5-3-4-6-18(17)27-2/h3-6,11-12,21H,7-10,13H2,1-2H3. The van der Waals surface area contributed by atoms with Crippen LogP contribution in [0.3, 0.4) is 0 Å². The van der Waals surface area contributed by atoms with Crippen LogP contribution in [0.5, 0.6) is 5.75 Å². The minimum Gasteiger partial charge on any atom is -0.495 e. The molecule has 0 aliphatic carbocycles. The van der Waals surface area contributed by atoms with Gasteiger partial charge in [-0.05, 0) is 25.1 Å². The van der Waals surface area contributed by atoms with E-state index in [0.717, 1.165) is 11.4 Å². The van der Waals surface area contributed by atoms with E-state index in [1.807, 2.05) is 24.3 Å². The van der Waals surface area contributed by atoms with Crippen molar-refractivity contribution in [3.63, 3.8) is 0 Å². The summed E-state index contributed by atoms with van der Waals surface area (Å²) in [5.41, 5.74) is 1.54. The molecular weight excluding hydrogens is 362 g/mol. The van der Waals surface area contributed by atoms with Crippen LogP contribution in [0.2, 0.25) is 0 Å². The number of benzene rings is 1. The second-order valence-electron chi connectivity index (χ2n) is 6.47. The van der Waals surface area contributed by atoms with Gasteiger partial charge >= 0.3 is 5.97 Å². The Morgan fingerprint density at radius 1 is 1.11 bits per heavy atom. The summed E-state index contributed by atoms with van der Waals surface area (Å²) < 4.78 is 10.5. The first-order valence-electron chi connectivity index (χ1n) is 9.02. The number of rotatable bonds is 6. The molecule has 2 aromatic rings. The maximum Gasteiger partial charge on any atom is 0.355 e. The van der Waals surface area contributed by atoms with Crippen molar-refractivity contribution < 1.29 is 23.9 Å². The summed E-state index contributed by atoms with van der Waals surface area (Å²) in [6, 6.07) is 9.18. The minimum atomic E-state index is -0.659. The summed E-state index contributed by atoms with van der Waals surface area (Å²) in [4.78, 5) is 42.2. The van der Waals surface area contributed by atoms with E-state index >= 15 is 0 Å². The molecule has 8 nitrogen and oxygen atoms in total. The smallest absolute Gasteiger partial charge is 0.355 e. The number of hydrogen-bond acceptors (Lipinski definition) is 6. The van der Waals surface area contributed by atoms with Crippen molar-refractivity contribution in [1.29, 1.82) is 0 Å². The molecule has 0 bridgehead atoms. The number of ether oxygens (including phenoxy) is 2. The number of nitrogens with one attached hydrogen (secondary N) is 1. The molecule has 148 valence electrons. The number of aromatic amines is 1. The van der Waals surface area contributed by atoms with E-state index in [-0.39, 0.29) is 24.0 Å². The molecule has 0 atom stereocenters. The van der Waals surface area contributed by atoms with Gasteiger partial charge in [-0.1, -0.05) is 12.1 Å². The van der Waals surface area contributed by atoms with E-state index in [0.29, 0.717) is 31.7 Å². The van der Waals surface area contributed by atoms with Gasteiger partial charge in [0.15, 0.2) is 12.4 Å². The molecule has 1 aliphatic rings. The number of carbonyl (C=O) groups is 3. The van der Waals surface area contributed by atoms with Crippen molar-refractivity contribution in [2.45, 2.75) is 6.92 Å². The predicted octanol–water partition coefficient (Wildman–Crippen LogP) is 1.73. The lowest BCUT2D eigenvalue weighted by atomic mass is 10.2. The summed E-state index contributed by atoms with van der Waals surface area (Å²) in [5.74, 6) is -0.258. The summed E-state index contributed by atoms with van der Waals surface area (Å²) >= 11 is 0.